The van der Waals surface area contributed by atoms with Crippen LogP contribution in [0.1, 0.15) is 45.8 Å². The topological polar surface area (TPSA) is 73.1 Å². The van der Waals surface area contributed by atoms with E-state index in [0.717, 1.165) is 42.4 Å². The maximum absolute atomic E-state index is 12.9. The predicted molar refractivity (Wildman–Crippen MR) is 97.8 cm³/mol. The smallest absolute Gasteiger partial charge is 0.254 e. The number of carbonyl (C=O) groups is 1. The molecule has 0 atom stereocenters. The van der Waals surface area contributed by atoms with Gasteiger partial charge < -0.3 is 9.80 Å². The highest BCUT2D eigenvalue weighted by Crippen LogP contribution is 2.29. The number of amides is 1. The van der Waals surface area contributed by atoms with Gasteiger partial charge in [0.25, 0.3) is 5.91 Å². The zero-order valence-electron chi connectivity index (χ0n) is 14.9. The lowest BCUT2D eigenvalue weighted by Crippen LogP contribution is -2.38. The molecule has 1 aromatic carbocycles. The second-order valence-electron chi connectivity index (χ2n) is 6.88. The molecule has 6 heteroatoms. The SMILES string of the molecule is Cc1nc2c(c(N3CCCC3)n1)CN(C(=O)c1cccc(C#N)c1)CC2. The van der Waals surface area contributed by atoms with E-state index < -0.39 is 0 Å². The summed E-state index contributed by atoms with van der Waals surface area (Å²) in [4.78, 5) is 26.4. The van der Waals surface area contributed by atoms with E-state index in [1.807, 2.05) is 11.8 Å². The van der Waals surface area contributed by atoms with Crippen LogP contribution in [0.25, 0.3) is 0 Å². The molecule has 2 aliphatic rings. The maximum atomic E-state index is 12.9. The first-order chi connectivity index (χ1) is 12.7. The van der Waals surface area contributed by atoms with Crippen molar-refractivity contribution in [2.45, 2.75) is 32.7 Å². The van der Waals surface area contributed by atoms with Crippen LogP contribution in [0.5, 0.6) is 0 Å². The fourth-order valence-corrected chi connectivity index (χ4v) is 3.79. The van der Waals surface area contributed by atoms with Gasteiger partial charge in [-0.15, -0.1) is 0 Å². The van der Waals surface area contributed by atoms with Crippen molar-refractivity contribution in [3.05, 3.63) is 52.5 Å². The molecule has 1 amide bonds. The summed E-state index contributed by atoms with van der Waals surface area (Å²) in [6.45, 7) is 5.13. The Labute approximate surface area is 153 Å². The summed E-state index contributed by atoms with van der Waals surface area (Å²) in [5.74, 6) is 1.75. The molecule has 0 radical (unpaired) electrons. The number of benzene rings is 1. The van der Waals surface area contributed by atoms with E-state index in [4.69, 9.17) is 10.2 Å². The summed E-state index contributed by atoms with van der Waals surface area (Å²) in [5.41, 5.74) is 3.20. The fraction of sp³-hybridized carbons (Fsp3) is 0.400. The molecular formula is C20H21N5O. The number of hydrogen-bond acceptors (Lipinski definition) is 5. The van der Waals surface area contributed by atoms with Crippen LogP contribution in [-0.4, -0.2) is 40.4 Å². The molecule has 2 aromatic rings. The number of nitrogens with zero attached hydrogens (tertiary/aromatic N) is 5. The third kappa shape index (κ3) is 3.01. The monoisotopic (exact) mass is 347 g/mol. The van der Waals surface area contributed by atoms with Gasteiger partial charge in [-0.25, -0.2) is 9.97 Å². The number of hydrogen-bond donors (Lipinski definition) is 0. The van der Waals surface area contributed by atoms with Gasteiger partial charge in [-0.3, -0.25) is 4.79 Å². The zero-order valence-corrected chi connectivity index (χ0v) is 14.9. The normalized spacial score (nSPS) is 16.3. The minimum absolute atomic E-state index is 0.0410. The molecule has 1 fully saturated rings. The molecule has 0 bridgehead atoms. The maximum Gasteiger partial charge on any atom is 0.254 e. The first kappa shape index (κ1) is 16.5. The number of carbonyl (C=O) groups excluding carboxylic acids is 1. The Morgan fingerprint density at radius 3 is 2.77 bits per heavy atom. The lowest BCUT2D eigenvalue weighted by Gasteiger charge is -2.31. The van der Waals surface area contributed by atoms with Gasteiger partial charge in [0.2, 0.25) is 0 Å². The van der Waals surface area contributed by atoms with Crippen molar-refractivity contribution < 1.29 is 4.79 Å². The summed E-state index contributed by atoms with van der Waals surface area (Å²) in [5, 5.41) is 9.07. The van der Waals surface area contributed by atoms with E-state index >= 15 is 0 Å². The number of fused-ring (bicyclic) bond motifs is 1. The molecule has 6 nitrogen and oxygen atoms in total. The Morgan fingerprint density at radius 2 is 2.00 bits per heavy atom. The molecule has 0 unspecified atom stereocenters. The molecule has 2 aliphatic heterocycles. The summed E-state index contributed by atoms with van der Waals surface area (Å²) in [7, 11) is 0. The fourth-order valence-electron chi connectivity index (χ4n) is 3.79. The van der Waals surface area contributed by atoms with Gasteiger partial charge >= 0.3 is 0 Å². The van der Waals surface area contributed by atoms with E-state index in [1.165, 1.54) is 12.8 Å². The summed E-state index contributed by atoms with van der Waals surface area (Å²) >= 11 is 0. The van der Waals surface area contributed by atoms with Crippen molar-refractivity contribution in [3.8, 4) is 6.07 Å². The van der Waals surface area contributed by atoms with Gasteiger partial charge in [0.05, 0.1) is 23.9 Å². The van der Waals surface area contributed by atoms with Crippen molar-refractivity contribution in [3.63, 3.8) is 0 Å². The van der Waals surface area contributed by atoms with Crippen molar-refractivity contribution in [2.24, 2.45) is 0 Å². The molecule has 1 aromatic heterocycles. The molecule has 0 spiro atoms. The number of rotatable bonds is 2. The van der Waals surface area contributed by atoms with Crippen molar-refractivity contribution in [2.75, 3.05) is 24.5 Å². The summed E-state index contributed by atoms with van der Waals surface area (Å²) in [6.07, 6.45) is 3.10. The van der Waals surface area contributed by atoms with Gasteiger partial charge in [-0.2, -0.15) is 5.26 Å². The Bertz CT molecular complexity index is 896. The van der Waals surface area contributed by atoms with Crippen molar-refractivity contribution in [1.29, 1.82) is 5.26 Å². The number of aromatic nitrogens is 2. The van der Waals surface area contributed by atoms with Crippen LogP contribution in [0.2, 0.25) is 0 Å². The Kier molecular flexibility index (Phi) is 4.29. The van der Waals surface area contributed by atoms with Crippen LogP contribution >= 0.6 is 0 Å². The molecular weight excluding hydrogens is 326 g/mol. The average Bonchev–Trinajstić information content (AvgIpc) is 3.21. The average molecular weight is 347 g/mol. The molecule has 3 heterocycles. The van der Waals surface area contributed by atoms with E-state index in [2.05, 4.69) is 16.0 Å². The van der Waals surface area contributed by atoms with Gasteiger partial charge in [0.15, 0.2) is 0 Å². The van der Waals surface area contributed by atoms with Gasteiger partial charge in [-0.1, -0.05) is 6.07 Å². The van der Waals surface area contributed by atoms with Crippen LogP contribution in [0.15, 0.2) is 24.3 Å². The van der Waals surface area contributed by atoms with Crippen molar-refractivity contribution in [1.82, 2.24) is 14.9 Å². The lowest BCUT2D eigenvalue weighted by molar-refractivity contribution is 0.0733. The summed E-state index contributed by atoms with van der Waals surface area (Å²) < 4.78 is 0. The van der Waals surface area contributed by atoms with E-state index in [1.54, 1.807) is 24.3 Å². The van der Waals surface area contributed by atoms with Gasteiger partial charge in [-0.05, 0) is 38.0 Å². The van der Waals surface area contributed by atoms with Gasteiger partial charge in [0, 0.05) is 37.2 Å². The molecule has 1 saturated heterocycles. The molecule has 4 rings (SSSR count). The number of nitriles is 1. The molecule has 26 heavy (non-hydrogen) atoms. The highest BCUT2D eigenvalue weighted by Gasteiger charge is 2.28. The van der Waals surface area contributed by atoms with Crippen LogP contribution < -0.4 is 4.90 Å². The second-order valence-corrected chi connectivity index (χ2v) is 6.88. The molecule has 0 aliphatic carbocycles. The number of anilines is 1. The number of aryl methyl sites for hydroxylation is 1. The van der Waals surface area contributed by atoms with Gasteiger partial charge in [0.1, 0.15) is 11.6 Å². The first-order valence-electron chi connectivity index (χ1n) is 9.06. The van der Waals surface area contributed by atoms with Crippen LogP contribution in [0, 0.1) is 18.3 Å². The molecule has 0 saturated carbocycles. The molecule has 0 N–H and O–H groups in total. The van der Waals surface area contributed by atoms with Crippen LogP contribution in [0.4, 0.5) is 5.82 Å². The third-order valence-electron chi connectivity index (χ3n) is 5.08. The van der Waals surface area contributed by atoms with Crippen molar-refractivity contribution >= 4 is 11.7 Å². The Balaban J connectivity index is 1.64. The van der Waals surface area contributed by atoms with Crippen LogP contribution in [-0.2, 0) is 13.0 Å². The Hall–Kier alpha value is -2.94. The minimum Gasteiger partial charge on any atom is -0.356 e. The van der Waals surface area contributed by atoms with E-state index in [0.29, 0.717) is 24.2 Å². The highest BCUT2D eigenvalue weighted by molar-refractivity contribution is 5.94. The second kappa shape index (κ2) is 6.75. The summed E-state index contributed by atoms with van der Waals surface area (Å²) in [6, 6.07) is 8.99. The Morgan fingerprint density at radius 1 is 1.19 bits per heavy atom. The minimum atomic E-state index is -0.0410. The highest BCUT2D eigenvalue weighted by atomic mass is 16.2. The lowest BCUT2D eigenvalue weighted by atomic mass is 10.0. The predicted octanol–water partition coefficient (Wildman–Crippen LogP) is 2.46. The van der Waals surface area contributed by atoms with E-state index in [9.17, 15) is 4.79 Å². The molecule has 132 valence electrons. The zero-order chi connectivity index (χ0) is 18.1. The van der Waals surface area contributed by atoms with E-state index in [-0.39, 0.29) is 5.91 Å². The quantitative estimate of drug-likeness (QED) is 0.834. The van der Waals surface area contributed by atoms with Crippen LogP contribution in [0.3, 0.4) is 0 Å². The standard InChI is InChI=1S/C20H21N5O/c1-14-22-18-7-10-25(20(26)16-6-4-5-15(11-16)12-21)13-17(18)19(23-14)24-8-2-3-9-24/h4-6,11H,2-3,7-10,13H2,1H3. The third-order valence-corrected chi connectivity index (χ3v) is 5.08. The first-order valence-corrected chi connectivity index (χ1v) is 9.06. The largest absolute Gasteiger partial charge is 0.356 e.